The monoisotopic (exact) mass is 423 g/mol. The molecular formula is C22H21N3O6. The molecule has 9 heteroatoms. The molecule has 0 aromatic heterocycles. The molecule has 0 fully saturated rings. The van der Waals surface area contributed by atoms with Gasteiger partial charge in [-0.05, 0) is 37.1 Å². The van der Waals surface area contributed by atoms with E-state index in [1.165, 1.54) is 24.3 Å². The number of nitrogens with zero attached hydrogens (tertiary/aromatic N) is 2. The molecular weight excluding hydrogens is 402 g/mol. The van der Waals surface area contributed by atoms with Crippen LogP contribution in [0.15, 0.2) is 65.9 Å². The van der Waals surface area contributed by atoms with Gasteiger partial charge in [-0.3, -0.25) is 19.8 Å². The summed E-state index contributed by atoms with van der Waals surface area (Å²) < 4.78 is 5.15. The maximum absolute atomic E-state index is 13.2. The second-order valence-corrected chi connectivity index (χ2v) is 6.87. The van der Waals surface area contributed by atoms with Crippen molar-refractivity contribution in [2.45, 2.75) is 26.3 Å². The summed E-state index contributed by atoms with van der Waals surface area (Å²) in [7, 11) is 0. The Hall–Kier alpha value is -4.01. The molecule has 1 heterocycles. The maximum atomic E-state index is 13.2. The molecule has 0 unspecified atom stereocenters. The van der Waals surface area contributed by atoms with Gasteiger partial charge in [0.2, 0.25) is 5.91 Å². The number of amides is 3. The van der Waals surface area contributed by atoms with Gasteiger partial charge in [0.1, 0.15) is 6.04 Å². The molecule has 1 aliphatic heterocycles. The normalized spacial score (nSPS) is 16.0. The van der Waals surface area contributed by atoms with Crippen LogP contribution in [0.1, 0.15) is 31.0 Å². The third kappa shape index (κ3) is 4.61. The van der Waals surface area contributed by atoms with Crippen LogP contribution in [-0.2, 0) is 20.7 Å². The lowest BCUT2D eigenvalue weighted by molar-refractivity contribution is -0.384. The van der Waals surface area contributed by atoms with E-state index in [1.54, 1.807) is 38.1 Å². The highest BCUT2D eigenvalue weighted by atomic mass is 16.6. The van der Waals surface area contributed by atoms with Crippen molar-refractivity contribution < 1.29 is 24.0 Å². The van der Waals surface area contributed by atoms with E-state index in [4.69, 9.17) is 4.74 Å². The highest BCUT2D eigenvalue weighted by Crippen LogP contribution is 2.35. The number of nitro groups is 1. The number of nitrogens with one attached hydrogen (secondary N) is 1. The summed E-state index contributed by atoms with van der Waals surface area (Å²) in [6.07, 6.45) is -0.0626. The Kier molecular flexibility index (Phi) is 6.44. The third-order valence-electron chi connectivity index (χ3n) is 4.83. The van der Waals surface area contributed by atoms with E-state index in [2.05, 4.69) is 5.32 Å². The van der Waals surface area contributed by atoms with E-state index in [-0.39, 0.29) is 30.0 Å². The molecule has 31 heavy (non-hydrogen) atoms. The van der Waals surface area contributed by atoms with Gasteiger partial charge in [-0.2, -0.15) is 0 Å². The maximum Gasteiger partial charge on any atom is 0.338 e. The minimum atomic E-state index is -1.08. The Morgan fingerprint density at radius 1 is 1.13 bits per heavy atom. The first-order valence-corrected chi connectivity index (χ1v) is 9.62. The number of imide groups is 1. The van der Waals surface area contributed by atoms with Gasteiger partial charge in [0.15, 0.2) is 0 Å². The lowest BCUT2D eigenvalue weighted by Crippen LogP contribution is -2.51. The summed E-state index contributed by atoms with van der Waals surface area (Å²) in [5.41, 5.74) is 1.29. The number of benzene rings is 2. The SMILES string of the molecule is CCOC(=O)C1=C(C)NC(=O)N(C(=O)Cc2ccccc2)[C@@H]1c1ccc([N+](=O)[O-])cc1. The van der Waals surface area contributed by atoms with E-state index in [0.29, 0.717) is 11.1 Å². The number of carbonyl (C=O) groups excluding carboxylic acids is 3. The number of non-ortho nitro benzene ring substituents is 1. The molecule has 1 N–H and O–H groups in total. The Labute approximate surface area is 178 Å². The predicted molar refractivity (Wildman–Crippen MR) is 111 cm³/mol. The van der Waals surface area contributed by atoms with Gasteiger partial charge in [-0.1, -0.05) is 30.3 Å². The van der Waals surface area contributed by atoms with E-state index in [1.807, 2.05) is 6.07 Å². The van der Waals surface area contributed by atoms with Gasteiger partial charge >= 0.3 is 12.0 Å². The van der Waals surface area contributed by atoms with Crippen molar-refractivity contribution in [3.63, 3.8) is 0 Å². The van der Waals surface area contributed by atoms with Crippen molar-refractivity contribution in [2.24, 2.45) is 0 Å². The number of rotatable bonds is 6. The van der Waals surface area contributed by atoms with Crippen LogP contribution in [0.2, 0.25) is 0 Å². The van der Waals surface area contributed by atoms with Crippen LogP contribution in [0.5, 0.6) is 0 Å². The summed E-state index contributed by atoms with van der Waals surface area (Å²) >= 11 is 0. The molecule has 1 aliphatic rings. The van der Waals surface area contributed by atoms with Gasteiger partial charge in [-0.25, -0.2) is 9.59 Å². The molecule has 160 valence electrons. The first-order chi connectivity index (χ1) is 14.8. The molecule has 3 rings (SSSR count). The number of esters is 1. The molecule has 0 spiro atoms. The molecule has 2 aromatic rings. The molecule has 1 atom stereocenters. The highest BCUT2D eigenvalue weighted by molar-refractivity contribution is 6.02. The fraction of sp³-hybridized carbons (Fsp3) is 0.227. The second-order valence-electron chi connectivity index (χ2n) is 6.87. The fourth-order valence-corrected chi connectivity index (χ4v) is 3.42. The van der Waals surface area contributed by atoms with E-state index in [0.717, 1.165) is 4.90 Å². The molecule has 3 amide bonds. The average molecular weight is 423 g/mol. The molecule has 0 bridgehead atoms. The van der Waals surface area contributed by atoms with Gasteiger partial charge < -0.3 is 10.1 Å². The van der Waals surface area contributed by atoms with Crippen molar-refractivity contribution in [1.82, 2.24) is 10.2 Å². The molecule has 0 saturated carbocycles. The van der Waals surface area contributed by atoms with Crippen LogP contribution in [0.25, 0.3) is 0 Å². The topological polar surface area (TPSA) is 119 Å². The largest absolute Gasteiger partial charge is 0.463 e. The Bertz CT molecular complexity index is 1050. The number of carbonyl (C=O) groups is 3. The predicted octanol–water partition coefficient (Wildman–Crippen LogP) is 3.27. The number of hydrogen-bond acceptors (Lipinski definition) is 6. The Morgan fingerprint density at radius 3 is 2.35 bits per heavy atom. The van der Waals surface area contributed by atoms with Crippen LogP contribution in [0.4, 0.5) is 10.5 Å². The van der Waals surface area contributed by atoms with Crippen LogP contribution < -0.4 is 5.32 Å². The van der Waals surface area contributed by atoms with Crippen LogP contribution in [0.3, 0.4) is 0 Å². The van der Waals surface area contributed by atoms with Crippen LogP contribution in [-0.4, -0.2) is 34.3 Å². The van der Waals surface area contributed by atoms with E-state index in [9.17, 15) is 24.5 Å². The van der Waals surface area contributed by atoms with Gasteiger partial charge in [0.05, 0.1) is 23.5 Å². The summed E-state index contributed by atoms with van der Waals surface area (Å²) in [6, 6.07) is 12.5. The van der Waals surface area contributed by atoms with Crippen molar-refractivity contribution >= 4 is 23.6 Å². The number of nitro benzene ring substituents is 1. The first kappa shape index (κ1) is 21.7. The smallest absolute Gasteiger partial charge is 0.338 e. The Balaban J connectivity index is 2.08. The van der Waals surface area contributed by atoms with Gasteiger partial charge in [0, 0.05) is 17.8 Å². The highest BCUT2D eigenvalue weighted by Gasteiger charge is 2.41. The minimum Gasteiger partial charge on any atom is -0.463 e. The second kappa shape index (κ2) is 9.21. The lowest BCUT2D eigenvalue weighted by atomic mass is 9.93. The molecule has 0 aliphatic carbocycles. The quantitative estimate of drug-likeness (QED) is 0.433. The van der Waals surface area contributed by atoms with Gasteiger partial charge in [0.25, 0.3) is 5.69 Å². The standard InChI is InChI=1S/C22H21N3O6/c1-3-31-21(27)19-14(2)23-22(28)24(18(26)13-15-7-5-4-6-8-15)20(19)16-9-11-17(12-10-16)25(29)30/h4-12,20H,3,13H2,1-2H3,(H,23,28)/t20-/m1/s1. The zero-order valence-corrected chi connectivity index (χ0v) is 17.0. The lowest BCUT2D eigenvalue weighted by Gasteiger charge is -2.36. The fourth-order valence-electron chi connectivity index (χ4n) is 3.42. The van der Waals surface area contributed by atoms with Crippen molar-refractivity contribution in [3.05, 3.63) is 87.1 Å². The zero-order chi connectivity index (χ0) is 22.5. The minimum absolute atomic E-state index is 0.0626. The molecule has 2 aromatic carbocycles. The first-order valence-electron chi connectivity index (χ1n) is 9.62. The summed E-state index contributed by atoms with van der Waals surface area (Å²) in [5.74, 6) is -1.21. The van der Waals surface area contributed by atoms with Crippen LogP contribution >= 0.6 is 0 Å². The number of ether oxygens (including phenoxy) is 1. The van der Waals surface area contributed by atoms with Crippen molar-refractivity contribution in [3.8, 4) is 0 Å². The number of hydrogen-bond donors (Lipinski definition) is 1. The number of urea groups is 1. The van der Waals surface area contributed by atoms with Crippen molar-refractivity contribution in [1.29, 1.82) is 0 Å². The molecule has 0 saturated heterocycles. The molecule has 9 nitrogen and oxygen atoms in total. The van der Waals surface area contributed by atoms with Crippen LogP contribution in [0, 0.1) is 10.1 Å². The van der Waals surface area contributed by atoms with E-state index >= 15 is 0 Å². The summed E-state index contributed by atoms with van der Waals surface area (Å²) in [6.45, 7) is 3.30. The van der Waals surface area contributed by atoms with Crippen molar-refractivity contribution in [2.75, 3.05) is 6.61 Å². The Morgan fingerprint density at radius 2 is 1.77 bits per heavy atom. The van der Waals surface area contributed by atoms with Gasteiger partial charge in [-0.15, -0.1) is 0 Å². The van der Waals surface area contributed by atoms with E-state index < -0.39 is 28.9 Å². The number of allylic oxidation sites excluding steroid dienone is 1. The summed E-state index contributed by atoms with van der Waals surface area (Å²) in [5, 5.41) is 13.6. The summed E-state index contributed by atoms with van der Waals surface area (Å²) in [4.78, 5) is 50.1. The molecule has 0 radical (unpaired) electrons. The third-order valence-corrected chi connectivity index (χ3v) is 4.83. The zero-order valence-electron chi connectivity index (χ0n) is 17.0. The average Bonchev–Trinajstić information content (AvgIpc) is 2.74.